The third kappa shape index (κ3) is 3.50. The molecule has 0 aromatic carbocycles. The molecule has 5 heteroatoms. The topological polar surface area (TPSA) is 67.2 Å². The normalized spacial score (nSPS) is 11.8. The molecule has 1 aromatic heterocycles. The molecule has 0 radical (unpaired) electrons. The van der Waals surface area contributed by atoms with Crippen molar-refractivity contribution in [2.75, 3.05) is 27.3 Å². The second kappa shape index (κ2) is 6.77. The van der Waals surface area contributed by atoms with Gasteiger partial charge in [-0.2, -0.15) is 5.26 Å². The molecular formula is C11H15N3O2. The minimum absolute atomic E-state index is 0.0447. The Morgan fingerprint density at radius 1 is 1.62 bits per heavy atom. The molecule has 0 spiro atoms. The van der Waals surface area contributed by atoms with Crippen LogP contribution in [0.3, 0.4) is 0 Å². The van der Waals surface area contributed by atoms with Crippen LogP contribution in [0, 0.1) is 11.3 Å². The molecule has 0 fully saturated rings. The van der Waals surface area contributed by atoms with Crippen molar-refractivity contribution in [2.45, 2.75) is 6.10 Å². The van der Waals surface area contributed by atoms with E-state index in [1.165, 1.54) is 6.20 Å². The van der Waals surface area contributed by atoms with Crippen molar-refractivity contribution in [1.29, 1.82) is 5.26 Å². The largest absolute Gasteiger partial charge is 0.488 e. The molecule has 1 atom stereocenters. The first-order chi connectivity index (χ1) is 7.81. The smallest absolute Gasteiger partial charge is 0.155 e. The number of nitrogens with one attached hydrogen (secondary N) is 1. The maximum absolute atomic E-state index is 8.84. The van der Waals surface area contributed by atoms with Gasteiger partial charge in [-0.05, 0) is 13.1 Å². The second-order valence-electron chi connectivity index (χ2n) is 3.21. The number of nitriles is 1. The first kappa shape index (κ1) is 12.4. The lowest BCUT2D eigenvalue weighted by Gasteiger charge is -2.15. The summed E-state index contributed by atoms with van der Waals surface area (Å²) in [5.41, 5.74) is 0.481. The summed E-state index contributed by atoms with van der Waals surface area (Å²) < 4.78 is 10.7. The summed E-state index contributed by atoms with van der Waals surface area (Å²) in [6.45, 7) is 1.08. The van der Waals surface area contributed by atoms with E-state index in [-0.39, 0.29) is 6.10 Å². The number of pyridine rings is 1. The molecule has 1 aromatic rings. The predicted molar refractivity (Wildman–Crippen MR) is 59.2 cm³/mol. The first-order valence-corrected chi connectivity index (χ1v) is 4.96. The maximum atomic E-state index is 8.84. The Labute approximate surface area is 95.0 Å². The summed E-state index contributed by atoms with van der Waals surface area (Å²) in [6, 6.07) is 3.67. The highest BCUT2D eigenvalue weighted by Gasteiger charge is 2.09. The van der Waals surface area contributed by atoms with Gasteiger partial charge in [0.2, 0.25) is 0 Å². The zero-order valence-corrected chi connectivity index (χ0v) is 9.43. The number of likely N-dealkylation sites (N-methyl/N-ethyl adjacent to an activating group) is 1. The highest BCUT2D eigenvalue weighted by Crippen LogP contribution is 2.15. The Morgan fingerprint density at radius 3 is 3.06 bits per heavy atom. The number of rotatable bonds is 6. The highest BCUT2D eigenvalue weighted by molar-refractivity contribution is 5.40. The van der Waals surface area contributed by atoms with Gasteiger partial charge < -0.3 is 14.8 Å². The van der Waals surface area contributed by atoms with E-state index in [2.05, 4.69) is 10.3 Å². The molecule has 0 aliphatic heterocycles. The van der Waals surface area contributed by atoms with E-state index in [0.29, 0.717) is 24.5 Å². The summed E-state index contributed by atoms with van der Waals surface area (Å²) in [5.74, 6) is 0.489. The Balaban J connectivity index is 2.56. The van der Waals surface area contributed by atoms with Crippen molar-refractivity contribution in [3.63, 3.8) is 0 Å². The summed E-state index contributed by atoms with van der Waals surface area (Å²) in [4.78, 5) is 3.91. The molecule has 0 saturated heterocycles. The van der Waals surface area contributed by atoms with Crippen LogP contribution in [-0.2, 0) is 4.74 Å². The fourth-order valence-corrected chi connectivity index (χ4v) is 1.21. The van der Waals surface area contributed by atoms with E-state index in [1.807, 2.05) is 13.1 Å². The highest BCUT2D eigenvalue weighted by atomic mass is 16.5. The number of hydrogen-bond donors (Lipinski definition) is 1. The Kier molecular flexibility index (Phi) is 5.26. The molecule has 0 aliphatic rings. The lowest BCUT2D eigenvalue weighted by Crippen LogP contribution is -2.31. The standard InChI is InChI=1S/C11H15N3O2/c1-13-6-10(15-2)8-16-11-7-14-4-3-9(11)5-12/h3-4,7,10,13H,6,8H2,1-2H3/t10-/m0/s1. The molecule has 0 bridgehead atoms. The van der Waals surface area contributed by atoms with E-state index in [1.54, 1.807) is 19.4 Å². The minimum Gasteiger partial charge on any atom is -0.488 e. The lowest BCUT2D eigenvalue weighted by molar-refractivity contribution is 0.0592. The van der Waals surface area contributed by atoms with Gasteiger partial charge >= 0.3 is 0 Å². The van der Waals surface area contributed by atoms with Gasteiger partial charge in [-0.3, -0.25) is 4.98 Å². The molecule has 5 nitrogen and oxygen atoms in total. The zero-order chi connectivity index (χ0) is 11.8. The molecule has 0 saturated carbocycles. The lowest BCUT2D eigenvalue weighted by atomic mass is 10.3. The van der Waals surface area contributed by atoms with Crippen LogP contribution < -0.4 is 10.1 Å². The van der Waals surface area contributed by atoms with Gasteiger partial charge in [-0.1, -0.05) is 0 Å². The molecule has 1 N–H and O–H groups in total. The van der Waals surface area contributed by atoms with Crippen molar-refractivity contribution in [3.8, 4) is 11.8 Å². The van der Waals surface area contributed by atoms with Gasteiger partial charge in [0.25, 0.3) is 0 Å². The minimum atomic E-state index is -0.0447. The van der Waals surface area contributed by atoms with E-state index in [0.717, 1.165) is 0 Å². The van der Waals surface area contributed by atoms with Gasteiger partial charge in [0, 0.05) is 19.9 Å². The van der Waals surface area contributed by atoms with Crippen LogP contribution in [0.1, 0.15) is 5.56 Å². The van der Waals surface area contributed by atoms with E-state index >= 15 is 0 Å². The quantitative estimate of drug-likeness (QED) is 0.760. The van der Waals surface area contributed by atoms with Crippen LogP contribution >= 0.6 is 0 Å². The van der Waals surface area contributed by atoms with Crippen LogP contribution in [0.4, 0.5) is 0 Å². The van der Waals surface area contributed by atoms with Crippen LogP contribution in [0.15, 0.2) is 18.5 Å². The molecule has 0 unspecified atom stereocenters. The fraction of sp³-hybridized carbons (Fsp3) is 0.455. The molecular weight excluding hydrogens is 206 g/mol. The van der Waals surface area contributed by atoms with Crippen molar-refractivity contribution < 1.29 is 9.47 Å². The van der Waals surface area contributed by atoms with Crippen LogP contribution in [0.5, 0.6) is 5.75 Å². The van der Waals surface area contributed by atoms with E-state index in [4.69, 9.17) is 14.7 Å². The molecule has 0 aliphatic carbocycles. The Morgan fingerprint density at radius 2 is 2.44 bits per heavy atom. The average molecular weight is 221 g/mol. The number of ether oxygens (including phenoxy) is 2. The van der Waals surface area contributed by atoms with E-state index < -0.39 is 0 Å². The predicted octanol–water partition coefficient (Wildman–Crippen LogP) is 0.566. The van der Waals surface area contributed by atoms with Gasteiger partial charge in [0.1, 0.15) is 18.8 Å². The number of aromatic nitrogens is 1. The zero-order valence-electron chi connectivity index (χ0n) is 9.43. The number of hydrogen-bond acceptors (Lipinski definition) is 5. The first-order valence-electron chi connectivity index (χ1n) is 4.96. The van der Waals surface area contributed by atoms with Crippen LogP contribution in [-0.4, -0.2) is 38.4 Å². The molecule has 0 amide bonds. The third-order valence-electron chi connectivity index (χ3n) is 2.09. The molecule has 16 heavy (non-hydrogen) atoms. The second-order valence-corrected chi connectivity index (χ2v) is 3.21. The van der Waals surface area contributed by atoms with Crippen molar-refractivity contribution in [3.05, 3.63) is 24.0 Å². The van der Waals surface area contributed by atoms with Crippen molar-refractivity contribution >= 4 is 0 Å². The van der Waals surface area contributed by atoms with E-state index in [9.17, 15) is 0 Å². The van der Waals surface area contributed by atoms with Gasteiger partial charge in [-0.25, -0.2) is 0 Å². The third-order valence-corrected chi connectivity index (χ3v) is 2.09. The van der Waals surface area contributed by atoms with Gasteiger partial charge in [0.05, 0.1) is 11.8 Å². The van der Waals surface area contributed by atoms with Gasteiger partial charge in [-0.15, -0.1) is 0 Å². The summed E-state index contributed by atoms with van der Waals surface area (Å²) >= 11 is 0. The molecule has 1 heterocycles. The molecule has 1 rings (SSSR count). The van der Waals surface area contributed by atoms with Crippen LogP contribution in [0.2, 0.25) is 0 Å². The Hall–Kier alpha value is -1.64. The van der Waals surface area contributed by atoms with Crippen molar-refractivity contribution in [2.24, 2.45) is 0 Å². The summed E-state index contributed by atoms with van der Waals surface area (Å²) in [7, 11) is 3.47. The van der Waals surface area contributed by atoms with Crippen LogP contribution in [0.25, 0.3) is 0 Å². The Bertz CT molecular complexity index is 362. The fourth-order valence-electron chi connectivity index (χ4n) is 1.21. The SMILES string of the molecule is CNC[C@@H](COc1cnccc1C#N)OC. The van der Waals surface area contributed by atoms with Crippen molar-refractivity contribution in [1.82, 2.24) is 10.3 Å². The maximum Gasteiger partial charge on any atom is 0.155 e. The van der Waals surface area contributed by atoms with Gasteiger partial charge in [0.15, 0.2) is 5.75 Å². The monoisotopic (exact) mass is 221 g/mol. The molecule has 86 valence electrons. The summed E-state index contributed by atoms with van der Waals surface area (Å²) in [6.07, 6.45) is 3.05. The summed E-state index contributed by atoms with van der Waals surface area (Å²) in [5, 5.41) is 11.8. The number of nitrogens with zero attached hydrogens (tertiary/aromatic N) is 2. The average Bonchev–Trinajstić information content (AvgIpc) is 2.34. The number of methoxy groups -OCH3 is 1.